The van der Waals surface area contributed by atoms with Crippen LogP contribution >= 0.6 is 0 Å². The van der Waals surface area contributed by atoms with E-state index in [0.717, 1.165) is 22.4 Å². The highest BCUT2D eigenvalue weighted by Crippen LogP contribution is 2.34. The minimum Gasteiger partial charge on any atom is -0.496 e. The monoisotopic (exact) mass is 561 g/mol. The van der Waals surface area contributed by atoms with Crippen molar-refractivity contribution in [1.29, 1.82) is 0 Å². The van der Waals surface area contributed by atoms with E-state index in [2.05, 4.69) is 23.7 Å². The number of hydrogen-bond acceptors (Lipinski definition) is 6. The summed E-state index contributed by atoms with van der Waals surface area (Å²) in [6.07, 6.45) is -3.38. The number of aromatic nitrogens is 2. The largest absolute Gasteiger partial charge is 0.573 e. The highest BCUT2D eigenvalue weighted by Gasteiger charge is 2.31. The van der Waals surface area contributed by atoms with Crippen LogP contribution in [0.5, 0.6) is 11.5 Å². The minimum absolute atomic E-state index is 0.157. The van der Waals surface area contributed by atoms with Crippen LogP contribution in [0.3, 0.4) is 0 Å². The van der Waals surface area contributed by atoms with Gasteiger partial charge in [0, 0.05) is 11.1 Å². The Morgan fingerprint density at radius 2 is 1.76 bits per heavy atom. The smallest absolute Gasteiger partial charge is 0.496 e. The Hall–Kier alpha value is -4.86. The molecule has 0 spiro atoms. The minimum atomic E-state index is -4.77. The van der Waals surface area contributed by atoms with Gasteiger partial charge in [0.1, 0.15) is 23.0 Å². The second-order valence-corrected chi connectivity index (χ2v) is 9.65. The van der Waals surface area contributed by atoms with E-state index in [1.54, 1.807) is 37.4 Å². The maximum Gasteiger partial charge on any atom is 0.573 e. The number of hydrogen-bond donors (Lipinski definition) is 0. The van der Waals surface area contributed by atoms with E-state index in [1.165, 1.54) is 35.2 Å². The summed E-state index contributed by atoms with van der Waals surface area (Å²) in [5, 5.41) is 4.88. The van der Waals surface area contributed by atoms with Crippen LogP contribution in [0.4, 0.5) is 13.2 Å². The Labute approximate surface area is 233 Å². The van der Waals surface area contributed by atoms with Gasteiger partial charge >= 0.3 is 6.36 Å². The van der Waals surface area contributed by atoms with Gasteiger partial charge in [0.25, 0.3) is 5.56 Å². The van der Waals surface area contributed by atoms with Crippen LogP contribution in [-0.4, -0.2) is 29.3 Å². The van der Waals surface area contributed by atoms with E-state index in [-0.39, 0.29) is 17.2 Å². The number of furan rings is 1. The third kappa shape index (κ3) is 5.86. The van der Waals surface area contributed by atoms with Crippen molar-refractivity contribution in [2.75, 3.05) is 7.11 Å². The average molecular weight is 562 g/mol. The number of fused-ring (bicyclic) bond motifs is 1. The first-order valence-corrected chi connectivity index (χ1v) is 12.7. The number of methoxy groups -OCH3 is 1. The highest BCUT2D eigenvalue weighted by atomic mass is 19.4. The van der Waals surface area contributed by atoms with Crippen molar-refractivity contribution in [1.82, 2.24) is 9.66 Å². The molecule has 5 aromatic rings. The summed E-state index contributed by atoms with van der Waals surface area (Å²) in [6, 6.07) is 19.6. The molecule has 2 aromatic heterocycles. The summed E-state index contributed by atoms with van der Waals surface area (Å²) < 4.78 is 54.0. The number of ether oxygens (including phenoxy) is 2. The third-order valence-electron chi connectivity index (χ3n) is 6.49. The van der Waals surface area contributed by atoms with Crippen LogP contribution in [0.15, 0.2) is 87.1 Å². The predicted octanol–water partition coefficient (Wildman–Crippen LogP) is 7.54. The standard InChI is InChI=1S/C31H26F3N3O4/c1-18(2)24-16-25(19(3)15-28(24)39-4)29-36-26-8-6-5-7-23(26)30(38)37(29)35-17-22-13-14-27(40-22)20-9-11-21(12-10-20)41-31(32,33)34/h5-18H,1-4H3. The number of nitrogens with zero attached hydrogens (tertiary/aromatic N) is 3. The molecule has 0 radical (unpaired) electrons. The molecule has 2 heterocycles. The number of alkyl halides is 3. The number of halogens is 3. The SMILES string of the molecule is COc1cc(C)c(-c2nc3ccccc3c(=O)n2N=Cc2ccc(-c3ccc(OC(F)(F)F)cc3)o2)cc1C(C)C. The molecular formula is C31H26F3N3O4. The Bertz CT molecular complexity index is 1800. The fourth-order valence-electron chi connectivity index (χ4n) is 4.49. The molecule has 3 aromatic carbocycles. The molecule has 0 fully saturated rings. The predicted molar refractivity (Wildman–Crippen MR) is 151 cm³/mol. The first kappa shape index (κ1) is 27.7. The zero-order chi connectivity index (χ0) is 29.3. The Morgan fingerprint density at radius 3 is 2.44 bits per heavy atom. The van der Waals surface area contributed by atoms with E-state index in [0.29, 0.717) is 33.8 Å². The summed E-state index contributed by atoms with van der Waals surface area (Å²) >= 11 is 0. The zero-order valence-electron chi connectivity index (χ0n) is 22.7. The van der Waals surface area contributed by atoms with Gasteiger partial charge in [0.2, 0.25) is 0 Å². The van der Waals surface area contributed by atoms with Crippen LogP contribution in [0.1, 0.15) is 36.7 Å². The lowest BCUT2D eigenvalue weighted by atomic mass is 9.96. The molecule has 0 unspecified atom stereocenters. The van der Waals surface area contributed by atoms with Gasteiger partial charge in [-0.3, -0.25) is 4.79 Å². The van der Waals surface area contributed by atoms with Crippen LogP contribution in [0.25, 0.3) is 33.6 Å². The number of aryl methyl sites for hydroxylation is 1. The van der Waals surface area contributed by atoms with E-state index >= 15 is 0 Å². The molecule has 0 atom stereocenters. The summed E-state index contributed by atoms with van der Waals surface area (Å²) in [5.74, 6) is 1.67. The lowest BCUT2D eigenvalue weighted by Gasteiger charge is -2.17. The van der Waals surface area contributed by atoms with Crippen molar-refractivity contribution in [3.63, 3.8) is 0 Å². The Kier molecular flexibility index (Phi) is 7.40. The lowest BCUT2D eigenvalue weighted by Crippen LogP contribution is -2.20. The normalized spacial score (nSPS) is 12.0. The molecular weight excluding hydrogens is 535 g/mol. The molecule has 0 amide bonds. The molecule has 0 saturated heterocycles. The van der Waals surface area contributed by atoms with Crippen LogP contribution < -0.4 is 15.0 Å². The van der Waals surface area contributed by atoms with Gasteiger partial charge in [-0.05, 0) is 84.6 Å². The molecule has 7 nitrogen and oxygen atoms in total. The van der Waals surface area contributed by atoms with E-state index < -0.39 is 6.36 Å². The van der Waals surface area contributed by atoms with Crippen LogP contribution in [0.2, 0.25) is 0 Å². The Balaban J connectivity index is 1.56. The maximum atomic E-state index is 13.6. The van der Waals surface area contributed by atoms with Crippen molar-refractivity contribution < 1.29 is 27.1 Å². The van der Waals surface area contributed by atoms with Crippen molar-refractivity contribution in [3.05, 3.63) is 100 Å². The average Bonchev–Trinajstić information content (AvgIpc) is 3.40. The van der Waals surface area contributed by atoms with Crippen molar-refractivity contribution in [3.8, 4) is 34.2 Å². The number of benzene rings is 3. The van der Waals surface area contributed by atoms with E-state index in [1.807, 2.05) is 25.1 Å². The van der Waals surface area contributed by atoms with Gasteiger partial charge in [0.05, 0.1) is 24.2 Å². The highest BCUT2D eigenvalue weighted by molar-refractivity contribution is 5.82. The summed E-state index contributed by atoms with van der Waals surface area (Å²) in [7, 11) is 1.62. The first-order valence-electron chi connectivity index (χ1n) is 12.7. The number of rotatable bonds is 7. The summed E-state index contributed by atoms with van der Waals surface area (Å²) in [5.41, 5.74) is 3.29. The summed E-state index contributed by atoms with van der Waals surface area (Å²) in [6.45, 7) is 6.03. The van der Waals surface area contributed by atoms with Crippen LogP contribution in [-0.2, 0) is 0 Å². The van der Waals surface area contributed by atoms with Crippen molar-refractivity contribution in [2.45, 2.75) is 33.1 Å². The molecule has 41 heavy (non-hydrogen) atoms. The van der Waals surface area contributed by atoms with Gasteiger partial charge in [-0.15, -0.1) is 13.2 Å². The number of para-hydroxylation sites is 1. The van der Waals surface area contributed by atoms with Gasteiger partial charge in [-0.2, -0.15) is 9.78 Å². The lowest BCUT2D eigenvalue weighted by molar-refractivity contribution is -0.274. The summed E-state index contributed by atoms with van der Waals surface area (Å²) in [4.78, 5) is 18.4. The maximum absolute atomic E-state index is 13.6. The van der Waals surface area contributed by atoms with Crippen molar-refractivity contribution >= 4 is 17.1 Å². The molecule has 0 aliphatic heterocycles. The third-order valence-corrected chi connectivity index (χ3v) is 6.49. The van der Waals surface area contributed by atoms with Gasteiger partial charge in [-0.1, -0.05) is 26.0 Å². The van der Waals surface area contributed by atoms with E-state index in [9.17, 15) is 18.0 Å². The fourth-order valence-corrected chi connectivity index (χ4v) is 4.49. The second-order valence-electron chi connectivity index (χ2n) is 9.65. The molecule has 0 aliphatic rings. The van der Waals surface area contributed by atoms with Gasteiger partial charge in [-0.25, -0.2) is 4.98 Å². The molecule has 0 saturated carbocycles. The zero-order valence-corrected chi connectivity index (χ0v) is 22.7. The molecule has 5 rings (SSSR count). The van der Waals surface area contributed by atoms with Crippen molar-refractivity contribution in [2.24, 2.45) is 5.10 Å². The van der Waals surface area contributed by atoms with Gasteiger partial charge in [0.15, 0.2) is 5.82 Å². The quantitative estimate of drug-likeness (QED) is 0.192. The topological polar surface area (TPSA) is 78.8 Å². The van der Waals surface area contributed by atoms with E-state index in [4.69, 9.17) is 14.1 Å². The Morgan fingerprint density at radius 1 is 1.02 bits per heavy atom. The van der Waals surface area contributed by atoms with Gasteiger partial charge < -0.3 is 13.9 Å². The molecule has 0 N–H and O–H groups in total. The fraction of sp³-hybridized carbons (Fsp3) is 0.194. The molecule has 0 bridgehead atoms. The molecule has 10 heteroatoms. The first-order chi connectivity index (χ1) is 19.5. The van der Waals surface area contributed by atoms with Crippen LogP contribution in [0, 0.1) is 6.92 Å². The molecule has 0 aliphatic carbocycles. The molecule has 210 valence electrons. The second kappa shape index (κ2) is 11.0.